The molecule has 0 aliphatic rings. The summed E-state index contributed by atoms with van der Waals surface area (Å²) in [6.45, 7) is 3.33. The van der Waals surface area contributed by atoms with Gasteiger partial charge in [0.05, 0.1) is 5.56 Å². The van der Waals surface area contributed by atoms with E-state index < -0.39 is 38.3 Å². The molecular weight excluding hydrogens is 440 g/mol. The maximum absolute atomic E-state index is 15.3. The molecule has 0 fully saturated rings. The third-order valence-electron chi connectivity index (χ3n) is 5.21. The lowest BCUT2D eigenvalue weighted by Crippen LogP contribution is -2.23. The van der Waals surface area contributed by atoms with Gasteiger partial charge in [0, 0.05) is 46.4 Å². The van der Waals surface area contributed by atoms with E-state index in [0.29, 0.717) is 22.4 Å². The Morgan fingerprint density at radius 3 is 2.59 bits per heavy atom. The summed E-state index contributed by atoms with van der Waals surface area (Å²) in [5, 5.41) is 4.13. The molecule has 0 aliphatic carbocycles. The average Bonchev–Trinajstić information content (AvgIpc) is 3.34. The molecule has 32 heavy (non-hydrogen) atoms. The number of nitrogens with two attached hydrogens (primary N) is 1. The Kier molecular flexibility index (Phi) is 5.39. The maximum atomic E-state index is 15.3. The molecule has 4 N–H and O–H groups in total. The fourth-order valence-electron chi connectivity index (χ4n) is 3.67. The summed E-state index contributed by atoms with van der Waals surface area (Å²) < 4.78 is 53.6. The van der Waals surface area contributed by atoms with Gasteiger partial charge >= 0.3 is 0 Å². The molecule has 0 aliphatic heterocycles. The molecule has 0 spiro atoms. The SMILES string of the molecule is CCC(c1ccc(F)c(C(=O)c2c[nH]c3ncc(-c4ncc(C)[nH]4)cc23)c1F)S(N)(=O)=O. The Labute approximate surface area is 182 Å². The molecule has 0 radical (unpaired) electrons. The van der Waals surface area contributed by atoms with Gasteiger partial charge in [-0.3, -0.25) is 4.79 Å². The minimum atomic E-state index is -4.17. The molecule has 0 saturated carbocycles. The van der Waals surface area contributed by atoms with Gasteiger partial charge in [-0.25, -0.2) is 32.3 Å². The zero-order chi connectivity index (χ0) is 23.2. The fourth-order valence-corrected chi connectivity index (χ4v) is 4.67. The predicted molar refractivity (Wildman–Crippen MR) is 114 cm³/mol. The van der Waals surface area contributed by atoms with Crippen LogP contribution in [0.25, 0.3) is 22.4 Å². The lowest BCUT2D eigenvalue weighted by atomic mass is 9.97. The topological polar surface area (TPSA) is 135 Å². The smallest absolute Gasteiger partial charge is 0.216 e. The lowest BCUT2D eigenvalue weighted by Gasteiger charge is -2.16. The number of fused-ring (bicyclic) bond motifs is 1. The van der Waals surface area contributed by atoms with E-state index in [-0.39, 0.29) is 17.5 Å². The van der Waals surface area contributed by atoms with Crippen molar-refractivity contribution in [1.82, 2.24) is 19.9 Å². The van der Waals surface area contributed by atoms with Crippen molar-refractivity contribution in [2.24, 2.45) is 5.14 Å². The number of aryl methyl sites for hydroxylation is 1. The number of halogens is 2. The molecule has 4 aromatic rings. The van der Waals surface area contributed by atoms with Crippen molar-refractivity contribution in [3.8, 4) is 11.4 Å². The number of pyridine rings is 1. The second-order valence-corrected chi connectivity index (χ2v) is 9.13. The van der Waals surface area contributed by atoms with Crippen molar-refractivity contribution in [2.75, 3.05) is 0 Å². The number of nitrogens with zero attached hydrogens (tertiary/aromatic N) is 2. The van der Waals surface area contributed by atoms with E-state index in [0.717, 1.165) is 17.8 Å². The molecule has 1 unspecified atom stereocenters. The van der Waals surface area contributed by atoms with Crippen molar-refractivity contribution in [3.05, 3.63) is 70.8 Å². The van der Waals surface area contributed by atoms with E-state index in [2.05, 4.69) is 19.9 Å². The number of nitrogens with one attached hydrogen (secondary N) is 2. The van der Waals surface area contributed by atoms with Crippen LogP contribution in [0.3, 0.4) is 0 Å². The zero-order valence-electron chi connectivity index (χ0n) is 17.1. The number of ketones is 1. The number of sulfonamides is 1. The van der Waals surface area contributed by atoms with Gasteiger partial charge in [0.1, 0.15) is 28.4 Å². The van der Waals surface area contributed by atoms with Crippen LogP contribution in [0.1, 0.15) is 45.8 Å². The minimum absolute atomic E-state index is 0.0174. The van der Waals surface area contributed by atoms with Gasteiger partial charge in [0.15, 0.2) is 0 Å². The summed E-state index contributed by atoms with van der Waals surface area (Å²) in [6, 6.07) is 3.49. The third kappa shape index (κ3) is 3.69. The van der Waals surface area contributed by atoms with E-state index in [1.807, 2.05) is 6.92 Å². The van der Waals surface area contributed by atoms with Crippen LogP contribution in [0.5, 0.6) is 0 Å². The van der Waals surface area contributed by atoms with Crippen LogP contribution < -0.4 is 5.14 Å². The van der Waals surface area contributed by atoms with Gasteiger partial charge in [0.25, 0.3) is 0 Å². The van der Waals surface area contributed by atoms with E-state index in [9.17, 15) is 17.6 Å². The van der Waals surface area contributed by atoms with Crippen LogP contribution in [0.15, 0.2) is 36.8 Å². The van der Waals surface area contributed by atoms with Crippen molar-refractivity contribution in [1.29, 1.82) is 0 Å². The van der Waals surface area contributed by atoms with Crippen molar-refractivity contribution >= 4 is 26.8 Å². The molecule has 4 rings (SSSR count). The lowest BCUT2D eigenvalue weighted by molar-refractivity contribution is 0.103. The van der Waals surface area contributed by atoms with E-state index >= 15 is 4.39 Å². The van der Waals surface area contributed by atoms with Crippen LogP contribution in [0.4, 0.5) is 8.78 Å². The maximum Gasteiger partial charge on any atom is 0.216 e. The summed E-state index contributed by atoms with van der Waals surface area (Å²) in [4.78, 5) is 27.5. The predicted octanol–water partition coefficient (Wildman–Crippen LogP) is 3.51. The van der Waals surface area contributed by atoms with Crippen molar-refractivity contribution in [2.45, 2.75) is 25.5 Å². The minimum Gasteiger partial charge on any atom is -0.345 e. The number of carbonyl (C=O) groups is 1. The Balaban J connectivity index is 1.85. The van der Waals surface area contributed by atoms with Crippen LogP contribution in [-0.2, 0) is 10.0 Å². The quantitative estimate of drug-likeness (QED) is 0.379. The summed E-state index contributed by atoms with van der Waals surface area (Å²) >= 11 is 0. The number of rotatable bonds is 6. The van der Waals surface area contributed by atoms with Crippen LogP contribution in [0.2, 0.25) is 0 Å². The second-order valence-electron chi connectivity index (χ2n) is 7.38. The molecule has 0 saturated heterocycles. The first-order chi connectivity index (χ1) is 15.1. The Hall–Kier alpha value is -3.44. The first-order valence-electron chi connectivity index (χ1n) is 9.65. The number of carbonyl (C=O) groups excluding carboxylic acids is 1. The summed E-state index contributed by atoms with van der Waals surface area (Å²) in [5.74, 6) is -2.79. The van der Waals surface area contributed by atoms with Crippen molar-refractivity contribution in [3.63, 3.8) is 0 Å². The highest BCUT2D eigenvalue weighted by Gasteiger charge is 2.30. The molecule has 166 valence electrons. The highest BCUT2D eigenvalue weighted by Crippen LogP contribution is 2.32. The second kappa shape index (κ2) is 7.92. The molecule has 8 nitrogen and oxygen atoms in total. The first-order valence-corrected chi connectivity index (χ1v) is 11.3. The highest BCUT2D eigenvalue weighted by atomic mass is 32.2. The number of imidazole rings is 1. The molecule has 3 aromatic heterocycles. The summed E-state index contributed by atoms with van der Waals surface area (Å²) in [7, 11) is -4.17. The summed E-state index contributed by atoms with van der Waals surface area (Å²) in [6.07, 6.45) is 4.44. The van der Waals surface area contributed by atoms with Gasteiger partial charge in [-0.15, -0.1) is 0 Å². The monoisotopic (exact) mass is 459 g/mol. The van der Waals surface area contributed by atoms with Gasteiger partial charge in [0.2, 0.25) is 15.8 Å². The number of benzene rings is 1. The van der Waals surface area contributed by atoms with Crippen LogP contribution >= 0.6 is 0 Å². The zero-order valence-corrected chi connectivity index (χ0v) is 17.9. The molecule has 0 bridgehead atoms. The first kappa shape index (κ1) is 21.8. The van der Waals surface area contributed by atoms with Gasteiger partial charge in [-0.1, -0.05) is 13.0 Å². The third-order valence-corrected chi connectivity index (χ3v) is 6.59. The number of H-pyrrole nitrogens is 2. The number of aromatic nitrogens is 4. The van der Waals surface area contributed by atoms with Crippen LogP contribution in [0, 0.1) is 18.6 Å². The van der Waals surface area contributed by atoms with Gasteiger partial charge in [-0.2, -0.15) is 0 Å². The largest absolute Gasteiger partial charge is 0.345 e. The molecule has 11 heteroatoms. The Morgan fingerprint density at radius 1 is 1.22 bits per heavy atom. The fraction of sp³-hybridized carbons (Fsp3) is 0.190. The molecule has 1 aromatic carbocycles. The highest BCUT2D eigenvalue weighted by molar-refractivity contribution is 7.89. The number of primary sulfonamides is 1. The number of hydrogen-bond donors (Lipinski definition) is 3. The van der Waals surface area contributed by atoms with Gasteiger partial charge in [-0.05, 0) is 25.5 Å². The van der Waals surface area contributed by atoms with E-state index in [1.165, 1.54) is 13.1 Å². The van der Waals surface area contributed by atoms with Crippen molar-refractivity contribution < 1.29 is 22.0 Å². The van der Waals surface area contributed by atoms with Gasteiger partial charge < -0.3 is 9.97 Å². The Bertz CT molecular complexity index is 1460. The van der Waals surface area contributed by atoms with E-state index in [4.69, 9.17) is 5.14 Å². The molecule has 3 heterocycles. The number of hydrogen-bond acceptors (Lipinski definition) is 5. The Morgan fingerprint density at radius 2 is 1.97 bits per heavy atom. The average molecular weight is 459 g/mol. The summed E-state index contributed by atoms with van der Waals surface area (Å²) in [5.41, 5.74) is 0.514. The molecule has 1 atom stereocenters. The number of aromatic amines is 2. The molecule has 0 amide bonds. The molecular formula is C21H19F2N5O3S. The standard InChI is InChI=1S/C21H19F2N5O3S/c1-3-16(32(24,30)31)12-4-5-15(22)17(18(12)23)19(29)14-9-27-21-13(14)6-11(8-26-21)20-25-7-10(2)28-20/h4-9,16H,3H2,1-2H3,(H,25,28)(H,26,27)(H2,24,30,31). The van der Waals surface area contributed by atoms with E-state index in [1.54, 1.807) is 18.5 Å². The normalized spacial score (nSPS) is 12.9. The van der Waals surface area contributed by atoms with Crippen LogP contribution in [-0.4, -0.2) is 34.1 Å².